The number of nitrogens with one attached hydrogen (secondary N) is 2. The molecule has 2 aromatic carbocycles. The summed E-state index contributed by atoms with van der Waals surface area (Å²) in [6.45, 7) is 2.23. The maximum atomic E-state index is 11.9. The van der Waals surface area contributed by atoms with Crippen LogP contribution in [0.25, 0.3) is 11.1 Å². The average Bonchev–Trinajstić information content (AvgIpc) is 3.09. The molecule has 1 heterocycles. The number of halogens is 1. The van der Waals surface area contributed by atoms with Crippen molar-refractivity contribution in [2.75, 3.05) is 19.7 Å². The number of carbonyl (C=O) groups is 1. The molecule has 0 aromatic heterocycles. The smallest absolute Gasteiger partial charge is 0.223 e. The molecule has 4 nitrogen and oxygen atoms in total. The highest BCUT2D eigenvalue weighted by Crippen LogP contribution is 2.29. The zero-order chi connectivity index (χ0) is 15.9. The first-order valence-corrected chi connectivity index (χ1v) is 8.10. The van der Waals surface area contributed by atoms with Gasteiger partial charge in [0, 0.05) is 18.2 Å². The highest BCUT2D eigenvalue weighted by Gasteiger charge is 2.16. The molecule has 3 rings (SSSR count). The van der Waals surface area contributed by atoms with Crippen molar-refractivity contribution in [2.45, 2.75) is 18.9 Å². The van der Waals surface area contributed by atoms with E-state index in [1.165, 1.54) is 0 Å². The number of amides is 1. The van der Waals surface area contributed by atoms with Gasteiger partial charge in [0.15, 0.2) is 0 Å². The van der Waals surface area contributed by atoms with Gasteiger partial charge in [0.1, 0.15) is 5.75 Å². The molecule has 1 saturated heterocycles. The van der Waals surface area contributed by atoms with Gasteiger partial charge in [0.2, 0.25) is 5.91 Å². The summed E-state index contributed by atoms with van der Waals surface area (Å²) < 4.78 is 5.85. The fraction of sp³-hybridized carbons (Fsp3) is 0.316. The third kappa shape index (κ3) is 4.98. The Morgan fingerprint density at radius 3 is 2.62 bits per heavy atom. The van der Waals surface area contributed by atoms with E-state index < -0.39 is 0 Å². The maximum absolute atomic E-state index is 11.9. The van der Waals surface area contributed by atoms with E-state index in [1.807, 2.05) is 42.5 Å². The van der Waals surface area contributed by atoms with Crippen molar-refractivity contribution in [1.29, 1.82) is 0 Å². The minimum absolute atomic E-state index is 0. The molecule has 128 valence electrons. The molecule has 2 aromatic rings. The second-order valence-electron chi connectivity index (χ2n) is 5.72. The van der Waals surface area contributed by atoms with Gasteiger partial charge >= 0.3 is 0 Å². The quantitative estimate of drug-likeness (QED) is 0.845. The van der Waals surface area contributed by atoms with Gasteiger partial charge in [-0.15, -0.1) is 12.4 Å². The highest BCUT2D eigenvalue weighted by atomic mass is 35.5. The van der Waals surface area contributed by atoms with Gasteiger partial charge in [0.05, 0.1) is 13.0 Å². The summed E-state index contributed by atoms with van der Waals surface area (Å²) in [5, 5.41) is 6.27. The van der Waals surface area contributed by atoms with Gasteiger partial charge in [-0.1, -0.05) is 48.5 Å². The SMILES string of the molecule is Cl.O=C(CCOc1ccccc1-c1ccccc1)NC1CCNC1. The van der Waals surface area contributed by atoms with Gasteiger partial charge in [0.25, 0.3) is 0 Å². The van der Waals surface area contributed by atoms with E-state index in [4.69, 9.17) is 4.74 Å². The van der Waals surface area contributed by atoms with Crippen molar-refractivity contribution in [3.63, 3.8) is 0 Å². The molecule has 0 bridgehead atoms. The number of ether oxygens (including phenoxy) is 1. The summed E-state index contributed by atoms with van der Waals surface area (Å²) in [7, 11) is 0. The van der Waals surface area contributed by atoms with E-state index in [1.54, 1.807) is 0 Å². The first-order chi connectivity index (χ1) is 11.3. The second-order valence-corrected chi connectivity index (χ2v) is 5.72. The molecule has 1 unspecified atom stereocenters. The molecule has 1 amide bonds. The van der Waals surface area contributed by atoms with Gasteiger partial charge in [-0.2, -0.15) is 0 Å². The molecular weight excluding hydrogens is 324 g/mol. The summed E-state index contributed by atoms with van der Waals surface area (Å²) in [5.74, 6) is 0.866. The number of hydrogen-bond donors (Lipinski definition) is 2. The van der Waals surface area contributed by atoms with Crippen LogP contribution in [0.5, 0.6) is 5.75 Å². The Morgan fingerprint density at radius 2 is 1.88 bits per heavy atom. The van der Waals surface area contributed by atoms with Gasteiger partial charge in [-0.3, -0.25) is 4.79 Å². The number of para-hydroxylation sites is 1. The third-order valence-corrected chi connectivity index (χ3v) is 3.98. The zero-order valence-corrected chi connectivity index (χ0v) is 14.4. The lowest BCUT2D eigenvalue weighted by atomic mass is 10.1. The number of carbonyl (C=O) groups excluding carboxylic acids is 1. The van der Waals surface area contributed by atoms with Crippen LogP contribution < -0.4 is 15.4 Å². The van der Waals surface area contributed by atoms with Crippen LogP contribution in [0.2, 0.25) is 0 Å². The van der Waals surface area contributed by atoms with Gasteiger partial charge in [-0.05, 0) is 24.6 Å². The Kier molecular flexibility index (Phi) is 7.09. The van der Waals surface area contributed by atoms with Crippen LogP contribution in [0.3, 0.4) is 0 Å². The summed E-state index contributed by atoms with van der Waals surface area (Å²) in [6, 6.07) is 18.3. The van der Waals surface area contributed by atoms with Crippen LogP contribution in [0, 0.1) is 0 Å². The van der Waals surface area contributed by atoms with Crippen molar-refractivity contribution in [3.8, 4) is 16.9 Å². The topological polar surface area (TPSA) is 50.4 Å². The lowest BCUT2D eigenvalue weighted by Gasteiger charge is -2.13. The summed E-state index contributed by atoms with van der Waals surface area (Å²) in [6.07, 6.45) is 1.38. The first-order valence-electron chi connectivity index (χ1n) is 8.10. The van der Waals surface area contributed by atoms with Crippen LogP contribution in [0.15, 0.2) is 54.6 Å². The van der Waals surface area contributed by atoms with Crippen LogP contribution in [0.1, 0.15) is 12.8 Å². The van der Waals surface area contributed by atoms with Crippen LogP contribution in [-0.4, -0.2) is 31.6 Å². The van der Waals surface area contributed by atoms with Crippen molar-refractivity contribution in [2.24, 2.45) is 0 Å². The predicted octanol–water partition coefficient (Wildman–Crippen LogP) is 3.02. The molecule has 1 atom stereocenters. The van der Waals surface area contributed by atoms with Crippen LogP contribution in [0.4, 0.5) is 0 Å². The molecular formula is C19H23ClN2O2. The molecule has 24 heavy (non-hydrogen) atoms. The molecule has 1 aliphatic rings. The monoisotopic (exact) mass is 346 g/mol. The summed E-state index contributed by atoms with van der Waals surface area (Å²) >= 11 is 0. The van der Waals surface area contributed by atoms with Crippen LogP contribution in [-0.2, 0) is 4.79 Å². The standard InChI is InChI=1S/C19H22N2O2.ClH/c22-19(21-16-10-12-20-14-16)11-13-23-18-9-5-4-8-17(18)15-6-2-1-3-7-15;/h1-9,16,20H,10-14H2,(H,21,22);1H. The van der Waals surface area contributed by atoms with Crippen molar-refractivity contribution >= 4 is 18.3 Å². The summed E-state index contributed by atoms with van der Waals surface area (Å²) in [4.78, 5) is 11.9. The molecule has 1 fully saturated rings. The van der Waals surface area contributed by atoms with Gasteiger partial charge < -0.3 is 15.4 Å². The largest absolute Gasteiger partial charge is 0.492 e. The number of rotatable bonds is 6. The zero-order valence-electron chi connectivity index (χ0n) is 13.5. The van der Waals surface area contributed by atoms with Gasteiger partial charge in [-0.25, -0.2) is 0 Å². The van der Waals surface area contributed by atoms with Crippen molar-refractivity contribution in [3.05, 3.63) is 54.6 Å². The number of benzene rings is 2. The minimum atomic E-state index is 0. The fourth-order valence-corrected chi connectivity index (χ4v) is 2.78. The molecule has 0 saturated carbocycles. The number of hydrogen-bond acceptors (Lipinski definition) is 3. The first kappa shape index (κ1) is 18.3. The van der Waals surface area contributed by atoms with Crippen molar-refractivity contribution in [1.82, 2.24) is 10.6 Å². The molecule has 0 spiro atoms. The Balaban J connectivity index is 0.00000208. The van der Waals surface area contributed by atoms with E-state index in [0.29, 0.717) is 13.0 Å². The third-order valence-electron chi connectivity index (χ3n) is 3.98. The molecule has 5 heteroatoms. The summed E-state index contributed by atoms with van der Waals surface area (Å²) in [5.41, 5.74) is 2.16. The average molecular weight is 347 g/mol. The maximum Gasteiger partial charge on any atom is 0.223 e. The van der Waals surface area contributed by atoms with Crippen molar-refractivity contribution < 1.29 is 9.53 Å². The van der Waals surface area contributed by atoms with E-state index in [2.05, 4.69) is 22.8 Å². The Hall–Kier alpha value is -2.04. The normalized spacial score (nSPS) is 16.2. The fourth-order valence-electron chi connectivity index (χ4n) is 2.78. The van der Waals surface area contributed by atoms with E-state index >= 15 is 0 Å². The van der Waals surface area contributed by atoms with E-state index in [0.717, 1.165) is 36.4 Å². The molecule has 2 N–H and O–H groups in total. The lowest BCUT2D eigenvalue weighted by molar-refractivity contribution is -0.122. The van der Waals surface area contributed by atoms with E-state index in [-0.39, 0.29) is 24.4 Å². The molecule has 0 aliphatic carbocycles. The predicted molar refractivity (Wildman–Crippen MR) is 98.7 cm³/mol. The van der Waals surface area contributed by atoms with Crippen LogP contribution >= 0.6 is 12.4 Å². The minimum Gasteiger partial charge on any atom is -0.492 e. The molecule has 1 aliphatic heterocycles. The lowest BCUT2D eigenvalue weighted by Crippen LogP contribution is -2.36. The Morgan fingerprint density at radius 1 is 1.12 bits per heavy atom. The molecule has 0 radical (unpaired) electrons. The highest BCUT2D eigenvalue weighted by molar-refractivity contribution is 5.85. The Bertz CT molecular complexity index is 643. The van der Waals surface area contributed by atoms with E-state index in [9.17, 15) is 4.79 Å². The Labute approximate surface area is 149 Å². The second kappa shape index (κ2) is 9.30.